The van der Waals surface area contributed by atoms with E-state index >= 15 is 0 Å². The third kappa shape index (κ3) is 4.18. The maximum absolute atomic E-state index is 9.19. The highest BCUT2D eigenvalue weighted by molar-refractivity contribution is 6.35. The Morgan fingerprint density at radius 3 is 2.32 bits per heavy atom. The summed E-state index contributed by atoms with van der Waals surface area (Å²) < 4.78 is 0. The minimum Gasteiger partial charge on any atom is -0.339 e. The predicted octanol–water partition coefficient (Wildman–Crippen LogP) is 5.45. The Bertz CT molecular complexity index is 966. The van der Waals surface area contributed by atoms with E-state index in [0.29, 0.717) is 44.4 Å². The predicted molar refractivity (Wildman–Crippen MR) is 101 cm³/mol. The molecule has 0 aliphatic rings. The van der Waals surface area contributed by atoms with Gasteiger partial charge >= 0.3 is 0 Å². The Kier molecular flexibility index (Phi) is 5.03. The molecule has 1 aromatic heterocycles. The first-order valence-corrected chi connectivity index (χ1v) is 8.14. The number of hydrogen-bond acceptors (Lipinski definition) is 5. The fourth-order valence-electron chi connectivity index (χ4n) is 2.25. The largest absolute Gasteiger partial charge is 0.339 e. The summed E-state index contributed by atoms with van der Waals surface area (Å²) in [5, 5.41) is 16.6. The van der Waals surface area contributed by atoms with E-state index in [0.717, 1.165) is 0 Å². The third-order valence-electron chi connectivity index (χ3n) is 3.34. The van der Waals surface area contributed by atoms with Crippen LogP contribution in [0.25, 0.3) is 0 Å². The monoisotopic (exact) mass is 369 g/mol. The van der Waals surface area contributed by atoms with E-state index in [1.165, 1.54) is 0 Å². The quantitative estimate of drug-likeness (QED) is 0.639. The summed E-state index contributed by atoms with van der Waals surface area (Å²) in [6, 6.07) is 16.2. The summed E-state index contributed by atoms with van der Waals surface area (Å²) in [7, 11) is 0. The maximum Gasteiger partial charge on any atom is 0.136 e. The van der Waals surface area contributed by atoms with E-state index in [1.807, 2.05) is 18.2 Å². The van der Waals surface area contributed by atoms with Crippen molar-refractivity contribution in [2.45, 2.75) is 6.92 Å². The van der Waals surface area contributed by atoms with Crippen molar-refractivity contribution < 1.29 is 0 Å². The van der Waals surface area contributed by atoms with Crippen LogP contribution in [0.1, 0.15) is 11.4 Å². The number of benzene rings is 2. The molecular weight excluding hydrogens is 357 g/mol. The van der Waals surface area contributed by atoms with Crippen LogP contribution in [0.2, 0.25) is 10.0 Å². The van der Waals surface area contributed by atoms with Gasteiger partial charge < -0.3 is 10.6 Å². The van der Waals surface area contributed by atoms with Crippen LogP contribution in [0, 0.1) is 18.3 Å². The van der Waals surface area contributed by atoms with Crippen molar-refractivity contribution in [3.63, 3.8) is 0 Å². The van der Waals surface area contributed by atoms with Gasteiger partial charge in [0.2, 0.25) is 0 Å². The first kappa shape index (κ1) is 17.0. The standard InChI is InChI=1S/C18H13Cl2N5/c1-11-22-17(24-15-5-3-2-4-12(15)10-21)9-18(23-11)25-16-8-13(19)6-7-14(16)20/h2-9H,1H3,(H2,22,23,24,25). The van der Waals surface area contributed by atoms with Gasteiger partial charge in [0, 0.05) is 11.1 Å². The fraction of sp³-hybridized carbons (Fsp3) is 0.0556. The van der Waals surface area contributed by atoms with Crippen LogP contribution in [0.3, 0.4) is 0 Å². The molecule has 0 spiro atoms. The molecule has 0 amide bonds. The number of halogens is 2. The highest BCUT2D eigenvalue weighted by Crippen LogP contribution is 2.29. The Labute approximate surface area is 155 Å². The van der Waals surface area contributed by atoms with Gasteiger partial charge in [0.15, 0.2) is 0 Å². The molecule has 0 aliphatic heterocycles. The second kappa shape index (κ2) is 7.39. The number of nitrogens with zero attached hydrogens (tertiary/aromatic N) is 3. The average Bonchev–Trinajstić information content (AvgIpc) is 2.58. The number of rotatable bonds is 4. The Hall–Kier alpha value is -2.81. The van der Waals surface area contributed by atoms with Crippen LogP contribution in [0.5, 0.6) is 0 Å². The van der Waals surface area contributed by atoms with Crippen LogP contribution in [-0.2, 0) is 0 Å². The van der Waals surface area contributed by atoms with Crippen molar-refractivity contribution in [3.05, 3.63) is 70.0 Å². The molecule has 0 atom stereocenters. The number of hydrogen-bond donors (Lipinski definition) is 2. The van der Waals surface area contributed by atoms with Crippen molar-refractivity contribution in [3.8, 4) is 6.07 Å². The first-order chi connectivity index (χ1) is 12.0. The lowest BCUT2D eigenvalue weighted by Crippen LogP contribution is -2.02. The molecule has 0 unspecified atom stereocenters. The van der Waals surface area contributed by atoms with Gasteiger partial charge in [-0.1, -0.05) is 35.3 Å². The van der Waals surface area contributed by atoms with Gasteiger partial charge in [-0.15, -0.1) is 0 Å². The van der Waals surface area contributed by atoms with Gasteiger partial charge in [-0.2, -0.15) is 5.26 Å². The van der Waals surface area contributed by atoms with Gasteiger partial charge in [-0.3, -0.25) is 0 Å². The Balaban J connectivity index is 1.91. The third-order valence-corrected chi connectivity index (χ3v) is 3.90. The van der Waals surface area contributed by atoms with E-state index in [1.54, 1.807) is 37.3 Å². The van der Waals surface area contributed by atoms with Gasteiger partial charge in [0.25, 0.3) is 0 Å². The van der Waals surface area contributed by atoms with E-state index in [4.69, 9.17) is 23.2 Å². The molecule has 124 valence electrons. The number of nitrogens with one attached hydrogen (secondary N) is 2. The fourth-order valence-corrected chi connectivity index (χ4v) is 2.59. The minimum absolute atomic E-state index is 0.532. The normalized spacial score (nSPS) is 10.2. The van der Waals surface area contributed by atoms with Crippen LogP contribution in [0.15, 0.2) is 48.5 Å². The van der Waals surface area contributed by atoms with Crippen molar-refractivity contribution in [1.29, 1.82) is 5.26 Å². The molecule has 3 rings (SSSR count). The summed E-state index contributed by atoms with van der Waals surface area (Å²) in [4.78, 5) is 8.71. The number of anilines is 4. The van der Waals surface area contributed by atoms with E-state index < -0.39 is 0 Å². The molecule has 1 heterocycles. The van der Waals surface area contributed by atoms with E-state index in [2.05, 4.69) is 26.7 Å². The average molecular weight is 370 g/mol. The van der Waals surface area contributed by atoms with E-state index in [-0.39, 0.29) is 0 Å². The summed E-state index contributed by atoms with van der Waals surface area (Å²) >= 11 is 12.2. The molecule has 0 saturated heterocycles. The van der Waals surface area contributed by atoms with Gasteiger partial charge in [-0.25, -0.2) is 9.97 Å². The molecule has 0 aliphatic carbocycles. The summed E-state index contributed by atoms with van der Waals surface area (Å²) in [6.45, 7) is 1.78. The zero-order valence-electron chi connectivity index (χ0n) is 13.2. The molecular formula is C18H13Cl2N5. The zero-order chi connectivity index (χ0) is 17.8. The van der Waals surface area contributed by atoms with Gasteiger partial charge in [0.1, 0.15) is 23.5 Å². The molecule has 2 N–H and O–H groups in total. The van der Waals surface area contributed by atoms with Crippen LogP contribution in [-0.4, -0.2) is 9.97 Å². The van der Waals surface area contributed by atoms with Gasteiger partial charge in [-0.05, 0) is 37.3 Å². The lowest BCUT2D eigenvalue weighted by molar-refractivity contribution is 1.06. The minimum atomic E-state index is 0.532. The molecule has 0 fully saturated rings. The smallest absolute Gasteiger partial charge is 0.136 e. The number of nitriles is 1. The Morgan fingerprint density at radius 2 is 1.60 bits per heavy atom. The molecule has 0 bridgehead atoms. The highest BCUT2D eigenvalue weighted by Gasteiger charge is 2.08. The van der Waals surface area contributed by atoms with Crippen LogP contribution < -0.4 is 10.6 Å². The zero-order valence-corrected chi connectivity index (χ0v) is 14.7. The van der Waals surface area contributed by atoms with Crippen molar-refractivity contribution in [2.75, 3.05) is 10.6 Å². The topological polar surface area (TPSA) is 73.6 Å². The highest BCUT2D eigenvalue weighted by atomic mass is 35.5. The molecule has 0 saturated carbocycles. The van der Waals surface area contributed by atoms with Crippen molar-refractivity contribution in [1.82, 2.24) is 9.97 Å². The summed E-state index contributed by atoms with van der Waals surface area (Å²) in [5.41, 5.74) is 1.86. The lowest BCUT2D eigenvalue weighted by atomic mass is 10.2. The Morgan fingerprint density at radius 1 is 0.920 bits per heavy atom. The number of aryl methyl sites for hydroxylation is 1. The number of aromatic nitrogens is 2. The molecule has 2 aromatic carbocycles. The molecule has 0 radical (unpaired) electrons. The molecule has 3 aromatic rings. The molecule has 5 nitrogen and oxygen atoms in total. The second-order valence-corrected chi connectivity index (χ2v) is 6.06. The first-order valence-electron chi connectivity index (χ1n) is 7.39. The summed E-state index contributed by atoms with van der Waals surface area (Å²) in [5.74, 6) is 1.70. The summed E-state index contributed by atoms with van der Waals surface area (Å²) in [6.07, 6.45) is 0. The van der Waals surface area contributed by atoms with Gasteiger partial charge in [0.05, 0.1) is 22.0 Å². The van der Waals surface area contributed by atoms with Crippen molar-refractivity contribution in [2.24, 2.45) is 0 Å². The molecule has 25 heavy (non-hydrogen) atoms. The SMILES string of the molecule is Cc1nc(Nc2cc(Cl)ccc2Cl)cc(Nc2ccccc2C#N)n1. The maximum atomic E-state index is 9.19. The lowest BCUT2D eigenvalue weighted by Gasteiger charge is -2.12. The van der Waals surface area contributed by atoms with Crippen LogP contribution in [0.4, 0.5) is 23.0 Å². The molecule has 7 heteroatoms. The second-order valence-electron chi connectivity index (χ2n) is 5.22. The van der Waals surface area contributed by atoms with Crippen molar-refractivity contribution >= 4 is 46.2 Å². The van der Waals surface area contributed by atoms with Crippen LogP contribution >= 0.6 is 23.2 Å². The number of para-hydroxylation sites is 1. The van der Waals surface area contributed by atoms with E-state index in [9.17, 15) is 5.26 Å².